The summed E-state index contributed by atoms with van der Waals surface area (Å²) in [5.74, 6) is 0. The summed E-state index contributed by atoms with van der Waals surface area (Å²) in [7, 11) is 0. The van der Waals surface area contributed by atoms with Crippen LogP contribution in [0.5, 0.6) is 0 Å². The molecule has 0 aliphatic heterocycles. The van der Waals surface area contributed by atoms with E-state index in [1.165, 1.54) is 0 Å². The second-order valence-corrected chi connectivity index (χ2v) is 3.29. The highest BCUT2D eigenvalue weighted by molar-refractivity contribution is 7.80. The van der Waals surface area contributed by atoms with Crippen LogP contribution < -0.4 is 11.1 Å². The molecule has 0 aliphatic rings. The zero-order valence-corrected chi connectivity index (χ0v) is 7.16. The first-order valence-corrected chi connectivity index (χ1v) is 3.58. The van der Waals surface area contributed by atoms with E-state index in [-0.39, 0.29) is 5.11 Å². The molecule has 0 aromatic rings. The van der Waals surface area contributed by atoms with Gasteiger partial charge in [0.2, 0.25) is 0 Å². The summed E-state index contributed by atoms with van der Waals surface area (Å²) >= 11 is 4.57. The van der Waals surface area contributed by atoms with Crippen LogP contribution in [0.4, 0.5) is 0 Å². The highest BCUT2D eigenvalue weighted by Crippen LogP contribution is 2.04. The zero-order valence-electron chi connectivity index (χ0n) is 6.35. The number of thiocarbonyl (C=S) groups is 1. The molecule has 3 nitrogen and oxygen atoms in total. The molecular formula is C6H14N2OS. The highest BCUT2D eigenvalue weighted by Gasteiger charge is 2.10. The topological polar surface area (TPSA) is 58.3 Å². The van der Waals surface area contributed by atoms with Crippen molar-refractivity contribution in [3.05, 3.63) is 0 Å². The molecule has 0 fully saturated rings. The molecular weight excluding hydrogens is 148 g/mol. The summed E-state index contributed by atoms with van der Waals surface area (Å²) in [5.41, 5.74) is 4.52. The normalized spacial score (nSPS) is 11.1. The van der Waals surface area contributed by atoms with Crippen LogP contribution >= 0.6 is 12.2 Å². The third-order valence-corrected chi connectivity index (χ3v) is 1.18. The molecule has 0 aromatic carbocycles. The van der Waals surface area contributed by atoms with Gasteiger partial charge in [-0.05, 0) is 32.5 Å². The summed E-state index contributed by atoms with van der Waals surface area (Å²) in [6, 6.07) is 0. The van der Waals surface area contributed by atoms with E-state index in [2.05, 4.69) is 17.5 Å². The number of hydrogen-bond acceptors (Lipinski definition) is 2. The zero-order chi connectivity index (χ0) is 8.20. The van der Waals surface area contributed by atoms with E-state index in [9.17, 15) is 5.11 Å². The van der Waals surface area contributed by atoms with Crippen LogP contribution in [0.1, 0.15) is 20.3 Å². The first kappa shape index (κ1) is 9.65. The Bertz CT molecular complexity index is 119. The lowest BCUT2D eigenvalue weighted by Gasteiger charge is -2.16. The fraction of sp³-hybridized carbons (Fsp3) is 0.833. The molecule has 0 aliphatic carbocycles. The minimum absolute atomic E-state index is 0.282. The van der Waals surface area contributed by atoms with Gasteiger partial charge in [0.25, 0.3) is 0 Å². The maximum atomic E-state index is 9.21. The maximum Gasteiger partial charge on any atom is 0.163 e. The van der Waals surface area contributed by atoms with Crippen LogP contribution in [0.25, 0.3) is 0 Å². The van der Waals surface area contributed by atoms with Gasteiger partial charge in [0.15, 0.2) is 5.11 Å². The molecule has 0 atom stereocenters. The monoisotopic (exact) mass is 162 g/mol. The second kappa shape index (κ2) is 3.73. The van der Waals surface area contributed by atoms with Gasteiger partial charge in [0, 0.05) is 6.54 Å². The van der Waals surface area contributed by atoms with E-state index in [4.69, 9.17) is 5.73 Å². The Morgan fingerprint density at radius 2 is 2.20 bits per heavy atom. The van der Waals surface area contributed by atoms with Crippen molar-refractivity contribution in [2.75, 3.05) is 6.54 Å². The molecule has 0 amide bonds. The summed E-state index contributed by atoms with van der Waals surface area (Å²) in [5, 5.41) is 12.2. The van der Waals surface area contributed by atoms with Crippen LogP contribution in [0.3, 0.4) is 0 Å². The summed E-state index contributed by atoms with van der Waals surface area (Å²) in [6.45, 7) is 4.11. The van der Waals surface area contributed by atoms with Gasteiger partial charge < -0.3 is 16.2 Å². The van der Waals surface area contributed by atoms with Crippen LogP contribution in [-0.2, 0) is 0 Å². The molecule has 60 valence electrons. The average Bonchev–Trinajstić information content (AvgIpc) is 1.59. The molecule has 0 heterocycles. The maximum absolute atomic E-state index is 9.21. The Hall–Kier alpha value is -0.350. The van der Waals surface area contributed by atoms with E-state index in [0.717, 1.165) is 0 Å². The fourth-order valence-corrected chi connectivity index (χ4v) is 0.594. The molecule has 4 heteroatoms. The van der Waals surface area contributed by atoms with Crippen LogP contribution in [-0.4, -0.2) is 22.4 Å². The molecule has 0 saturated carbocycles. The van der Waals surface area contributed by atoms with Gasteiger partial charge in [-0.3, -0.25) is 0 Å². The molecule has 0 radical (unpaired) electrons. The second-order valence-electron chi connectivity index (χ2n) is 2.85. The predicted molar refractivity (Wildman–Crippen MR) is 45.7 cm³/mol. The largest absolute Gasteiger partial charge is 0.390 e. The molecule has 0 aromatic heterocycles. The first-order valence-electron chi connectivity index (χ1n) is 3.17. The SMILES string of the molecule is CC(C)(O)CCNC(N)=S. The number of nitrogens with two attached hydrogens (primary N) is 1. The van der Waals surface area contributed by atoms with E-state index >= 15 is 0 Å². The van der Waals surface area contributed by atoms with Gasteiger partial charge in [-0.25, -0.2) is 0 Å². The Morgan fingerprint density at radius 3 is 2.50 bits per heavy atom. The van der Waals surface area contributed by atoms with Gasteiger partial charge in [0.1, 0.15) is 0 Å². The molecule has 0 saturated heterocycles. The van der Waals surface area contributed by atoms with Crippen molar-refractivity contribution in [3.8, 4) is 0 Å². The minimum Gasteiger partial charge on any atom is -0.390 e. The number of rotatable bonds is 3. The highest BCUT2D eigenvalue weighted by atomic mass is 32.1. The fourth-order valence-electron chi connectivity index (χ4n) is 0.492. The van der Waals surface area contributed by atoms with E-state index < -0.39 is 5.60 Å². The van der Waals surface area contributed by atoms with Crippen molar-refractivity contribution < 1.29 is 5.11 Å². The Labute approximate surface area is 66.6 Å². The van der Waals surface area contributed by atoms with Crippen molar-refractivity contribution in [1.82, 2.24) is 5.32 Å². The Balaban J connectivity index is 3.29. The van der Waals surface area contributed by atoms with E-state index in [0.29, 0.717) is 13.0 Å². The van der Waals surface area contributed by atoms with Crippen molar-refractivity contribution >= 4 is 17.3 Å². The van der Waals surface area contributed by atoms with Crippen LogP contribution in [0, 0.1) is 0 Å². The van der Waals surface area contributed by atoms with Gasteiger partial charge in [-0.2, -0.15) is 0 Å². The minimum atomic E-state index is -0.641. The van der Waals surface area contributed by atoms with E-state index in [1.807, 2.05) is 0 Å². The van der Waals surface area contributed by atoms with Gasteiger partial charge >= 0.3 is 0 Å². The van der Waals surface area contributed by atoms with Crippen molar-refractivity contribution in [2.24, 2.45) is 5.73 Å². The standard InChI is InChI=1S/C6H14N2OS/c1-6(2,9)3-4-8-5(7)10/h9H,3-4H2,1-2H3,(H3,7,8,10). The van der Waals surface area contributed by atoms with Crippen molar-refractivity contribution in [1.29, 1.82) is 0 Å². The number of hydrogen-bond donors (Lipinski definition) is 3. The van der Waals surface area contributed by atoms with Crippen molar-refractivity contribution in [2.45, 2.75) is 25.9 Å². The van der Waals surface area contributed by atoms with Gasteiger partial charge in [-0.15, -0.1) is 0 Å². The Kier molecular flexibility index (Phi) is 3.60. The lowest BCUT2D eigenvalue weighted by Crippen LogP contribution is -2.33. The molecule has 0 unspecified atom stereocenters. The molecule has 10 heavy (non-hydrogen) atoms. The Morgan fingerprint density at radius 1 is 1.70 bits per heavy atom. The van der Waals surface area contributed by atoms with Crippen LogP contribution in [0.2, 0.25) is 0 Å². The summed E-state index contributed by atoms with van der Waals surface area (Å²) in [4.78, 5) is 0. The van der Waals surface area contributed by atoms with Crippen molar-refractivity contribution in [3.63, 3.8) is 0 Å². The van der Waals surface area contributed by atoms with E-state index in [1.54, 1.807) is 13.8 Å². The van der Waals surface area contributed by atoms with Gasteiger partial charge in [0.05, 0.1) is 5.60 Å². The first-order chi connectivity index (χ1) is 4.42. The predicted octanol–water partition coefficient (Wildman–Crippen LogP) is -0.0194. The number of aliphatic hydroxyl groups is 1. The summed E-state index contributed by atoms with van der Waals surface area (Å²) < 4.78 is 0. The van der Waals surface area contributed by atoms with Crippen LogP contribution in [0.15, 0.2) is 0 Å². The lowest BCUT2D eigenvalue weighted by molar-refractivity contribution is 0.0725. The smallest absolute Gasteiger partial charge is 0.163 e. The number of nitrogens with one attached hydrogen (secondary N) is 1. The average molecular weight is 162 g/mol. The molecule has 0 rings (SSSR count). The summed E-state index contributed by atoms with van der Waals surface area (Å²) in [6.07, 6.45) is 0.643. The quantitative estimate of drug-likeness (QED) is 0.510. The molecule has 4 N–H and O–H groups in total. The molecule has 0 spiro atoms. The molecule has 0 bridgehead atoms. The lowest BCUT2D eigenvalue weighted by atomic mass is 10.1. The third kappa shape index (κ3) is 7.65. The van der Waals surface area contributed by atoms with Gasteiger partial charge in [-0.1, -0.05) is 0 Å². The third-order valence-electron chi connectivity index (χ3n) is 1.04.